The van der Waals surface area contributed by atoms with Crippen LogP contribution < -0.4 is 14.9 Å². The van der Waals surface area contributed by atoms with Crippen LogP contribution in [0.2, 0.25) is 0 Å². The third kappa shape index (κ3) is 4.80. The molecule has 0 aliphatic carbocycles. The van der Waals surface area contributed by atoms with Crippen LogP contribution >= 0.6 is 0 Å². The molecule has 0 saturated heterocycles. The summed E-state index contributed by atoms with van der Waals surface area (Å²) < 4.78 is 26.5. The molecule has 2 aromatic carbocycles. The van der Waals surface area contributed by atoms with Gasteiger partial charge in [-0.2, -0.15) is 0 Å². The normalized spacial score (nSPS) is 13.7. The first-order chi connectivity index (χ1) is 13.0. The van der Waals surface area contributed by atoms with Gasteiger partial charge < -0.3 is 10.6 Å². The molecule has 1 heterocycles. The Hall–Kier alpha value is -2.54. The SMILES string of the molecule is CCCS(=O)(=O)N1CCCc2cc(NC(=O)NCc3ccccc3)ccc21. The van der Waals surface area contributed by atoms with Crippen molar-refractivity contribution in [2.75, 3.05) is 21.9 Å². The number of amides is 2. The summed E-state index contributed by atoms with van der Waals surface area (Å²) in [4.78, 5) is 12.1. The molecule has 0 aromatic heterocycles. The highest BCUT2D eigenvalue weighted by Gasteiger charge is 2.26. The first-order valence-electron chi connectivity index (χ1n) is 9.22. The fourth-order valence-electron chi connectivity index (χ4n) is 3.25. The Morgan fingerprint density at radius 1 is 1.15 bits per heavy atom. The van der Waals surface area contributed by atoms with Crippen molar-refractivity contribution in [1.82, 2.24) is 5.32 Å². The molecule has 2 N–H and O–H groups in total. The van der Waals surface area contributed by atoms with Gasteiger partial charge in [0.2, 0.25) is 10.0 Å². The largest absolute Gasteiger partial charge is 0.334 e. The van der Waals surface area contributed by atoms with Gasteiger partial charge in [-0.05, 0) is 48.6 Å². The predicted octanol–water partition coefficient (Wildman–Crippen LogP) is 3.50. The molecule has 0 unspecified atom stereocenters. The van der Waals surface area contributed by atoms with Crippen LogP contribution in [0.25, 0.3) is 0 Å². The van der Waals surface area contributed by atoms with E-state index in [1.54, 1.807) is 12.1 Å². The molecular weight excluding hydrogens is 362 g/mol. The second-order valence-corrected chi connectivity index (χ2v) is 8.64. The number of rotatable bonds is 6. The van der Waals surface area contributed by atoms with Crippen LogP contribution in [0.3, 0.4) is 0 Å². The second-order valence-electron chi connectivity index (χ2n) is 6.63. The van der Waals surface area contributed by atoms with Crippen LogP contribution in [0.4, 0.5) is 16.2 Å². The highest BCUT2D eigenvalue weighted by atomic mass is 32.2. The number of hydrogen-bond acceptors (Lipinski definition) is 3. The highest BCUT2D eigenvalue weighted by molar-refractivity contribution is 7.92. The molecule has 0 bridgehead atoms. The average Bonchev–Trinajstić information content (AvgIpc) is 2.66. The number of aryl methyl sites for hydroxylation is 1. The van der Waals surface area contributed by atoms with E-state index in [2.05, 4.69) is 10.6 Å². The first-order valence-corrected chi connectivity index (χ1v) is 10.8. The Labute approximate surface area is 160 Å². The molecule has 27 heavy (non-hydrogen) atoms. The maximum absolute atomic E-state index is 12.5. The van der Waals surface area contributed by atoms with Crippen molar-refractivity contribution in [2.24, 2.45) is 0 Å². The van der Waals surface area contributed by atoms with Crippen molar-refractivity contribution in [2.45, 2.75) is 32.7 Å². The van der Waals surface area contributed by atoms with E-state index in [0.29, 0.717) is 25.2 Å². The van der Waals surface area contributed by atoms with Crippen LogP contribution in [0.1, 0.15) is 30.9 Å². The third-order valence-electron chi connectivity index (χ3n) is 4.51. The van der Waals surface area contributed by atoms with Crippen molar-refractivity contribution >= 4 is 27.4 Å². The van der Waals surface area contributed by atoms with Gasteiger partial charge in [-0.25, -0.2) is 13.2 Å². The smallest absolute Gasteiger partial charge is 0.319 e. The van der Waals surface area contributed by atoms with Crippen molar-refractivity contribution < 1.29 is 13.2 Å². The zero-order chi connectivity index (χ0) is 19.3. The Kier molecular flexibility index (Phi) is 6.01. The van der Waals surface area contributed by atoms with Crippen LogP contribution in [0, 0.1) is 0 Å². The number of anilines is 2. The zero-order valence-corrected chi connectivity index (χ0v) is 16.3. The molecule has 2 amide bonds. The van der Waals surface area contributed by atoms with Crippen molar-refractivity contribution in [3.63, 3.8) is 0 Å². The van der Waals surface area contributed by atoms with Gasteiger partial charge in [0.25, 0.3) is 0 Å². The number of benzene rings is 2. The summed E-state index contributed by atoms with van der Waals surface area (Å²) in [6, 6.07) is 14.8. The molecular formula is C20H25N3O3S. The van der Waals surface area contributed by atoms with E-state index in [1.807, 2.05) is 43.3 Å². The quantitative estimate of drug-likeness (QED) is 0.796. The molecule has 7 heteroatoms. The van der Waals surface area contributed by atoms with Gasteiger partial charge in [-0.1, -0.05) is 37.3 Å². The molecule has 0 saturated carbocycles. The lowest BCUT2D eigenvalue weighted by molar-refractivity contribution is 0.251. The minimum absolute atomic E-state index is 0.147. The van der Waals surface area contributed by atoms with Gasteiger partial charge in [0.15, 0.2) is 0 Å². The summed E-state index contributed by atoms with van der Waals surface area (Å²) in [5, 5.41) is 5.64. The summed E-state index contributed by atoms with van der Waals surface area (Å²) in [6.07, 6.45) is 2.17. The van der Waals surface area contributed by atoms with E-state index in [1.165, 1.54) is 4.31 Å². The van der Waals surface area contributed by atoms with Gasteiger partial charge in [0.05, 0.1) is 11.4 Å². The summed E-state index contributed by atoms with van der Waals surface area (Å²) in [6.45, 7) is 2.82. The maximum Gasteiger partial charge on any atom is 0.319 e. The number of carbonyl (C=O) groups is 1. The maximum atomic E-state index is 12.5. The number of carbonyl (C=O) groups excluding carboxylic acids is 1. The monoisotopic (exact) mass is 387 g/mol. The minimum atomic E-state index is -3.29. The van der Waals surface area contributed by atoms with E-state index in [9.17, 15) is 13.2 Å². The van der Waals surface area contributed by atoms with Gasteiger partial charge in [-0.15, -0.1) is 0 Å². The van der Waals surface area contributed by atoms with Crippen LogP contribution in [-0.2, 0) is 23.0 Å². The van der Waals surface area contributed by atoms with Gasteiger partial charge in [0.1, 0.15) is 0 Å². The summed E-state index contributed by atoms with van der Waals surface area (Å²) in [5.74, 6) is 0.147. The van der Waals surface area contributed by atoms with Crippen molar-refractivity contribution in [3.8, 4) is 0 Å². The van der Waals surface area contributed by atoms with Crippen LogP contribution in [0.15, 0.2) is 48.5 Å². The number of sulfonamides is 1. The Bertz CT molecular complexity index is 898. The molecule has 1 aliphatic heterocycles. The van der Waals surface area contributed by atoms with Crippen molar-refractivity contribution in [1.29, 1.82) is 0 Å². The zero-order valence-electron chi connectivity index (χ0n) is 15.4. The topological polar surface area (TPSA) is 78.5 Å². The van der Waals surface area contributed by atoms with E-state index >= 15 is 0 Å². The molecule has 3 rings (SSSR count). The first kappa shape index (κ1) is 19.2. The van der Waals surface area contributed by atoms with Crippen molar-refractivity contribution in [3.05, 3.63) is 59.7 Å². The molecule has 2 aromatic rings. The molecule has 0 radical (unpaired) electrons. The Morgan fingerprint density at radius 2 is 1.93 bits per heavy atom. The van der Waals surface area contributed by atoms with Crippen LogP contribution in [0.5, 0.6) is 0 Å². The second kappa shape index (κ2) is 8.43. The average molecular weight is 388 g/mol. The van der Waals surface area contributed by atoms with Gasteiger partial charge in [-0.3, -0.25) is 4.31 Å². The minimum Gasteiger partial charge on any atom is -0.334 e. The summed E-state index contributed by atoms with van der Waals surface area (Å²) in [5.41, 5.74) is 3.36. The number of nitrogens with one attached hydrogen (secondary N) is 2. The molecule has 6 nitrogen and oxygen atoms in total. The van der Waals surface area contributed by atoms with Crippen LogP contribution in [-0.4, -0.2) is 26.7 Å². The lowest BCUT2D eigenvalue weighted by Gasteiger charge is -2.30. The van der Waals surface area contributed by atoms with Gasteiger partial charge >= 0.3 is 6.03 Å². The number of urea groups is 1. The number of fused-ring (bicyclic) bond motifs is 1. The Balaban J connectivity index is 1.68. The molecule has 0 spiro atoms. The number of hydrogen-bond donors (Lipinski definition) is 2. The molecule has 0 fully saturated rings. The van der Waals surface area contributed by atoms with E-state index in [-0.39, 0.29) is 11.8 Å². The summed E-state index contributed by atoms with van der Waals surface area (Å²) in [7, 11) is -3.29. The van der Waals surface area contributed by atoms with E-state index in [0.717, 1.165) is 29.7 Å². The molecule has 1 aliphatic rings. The lowest BCUT2D eigenvalue weighted by atomic mass is 10.0. The Morgan fingerprint density at radius 3 is 2.67 bits per heavy atom. The molecule has 0 atom stereocenters. The standard InChI is InChI=1S/C20H25N3O3S/c1-2-13-27(25,26)23-12-6-9-17-14-18(10-11-19(17)23)22-20(24)21-15-16-7-4-3-5-8-16/h3-5,7-8,10-11,14H,2,6,9,12-13,15H2,1H3,(H2,21,22,24). The predicted molar refractivity (Wildman–Crippen MR) is 108 cm³/mol. The fourth-order valence-corrected chi connectivity index (χ4v) is 4.87. The number of nitrogens with zero attached hydrogens (tertiary/aromatic N) is 1. The van der Waals surface area contributed by atoms with Gasteiger partial charge in [0, 0.05) is 18.8 Å². The molecule has 144 valence electrons. The fraction of sp³-hybridized carbons (Fsp3) is 0.350. The lowest BCUT2D eigenvalue weighted by Crippen LogP contribution is -2.37. The third-order valence-corrected chi connectivity index (χ3v) is 6.48. The summed E-state index contributed by atoms with van der Waals surface area (Å²) >= 11 is 0. The van der Waals surface area contributed by atoms with E-state index < -0.39 is 10.0 Å². The highest BCUT2D eigenvalue weighted by Crippen LogP contribution is 2.31. The van der Waals surface area contributed by atoms with E-state index in [4.69, 9.17) is 0 Å².